The van der Waals surface area contributed by atoms with Crippen LogP contribution in [-0.2, 0) is 6.54 Å². The number of nitrogens with one attached hydrogen (secondary N) is 1. The monoisotopic (exact) mass is 274 g/mol. The van der Waals surface area contributed by atoms with Gasteiger partial charge in [-0.25, -0.2) is 9.98 Å². The van der Waals surface area contributed by atoms with Gasteiger partial charge in [-0.3, -0.25) is 0 Å². The summed E-state index contributed by atoms with van der Waals surface area (Å²) in [6.07, 6.45) is 9.32. The lowest BCUT2D eigenvalue weighted by Crippen LogP contribution is -2.33. The SMILES string of the molecule is NC(=NCc1ccnc(OC2CCCC2)c1)NC1CC1. The van der Waals surface area contributed by atoms with Gasteiger partial charge in [0, 0.05) is 18.3 Å². The summed E-state index contributed by atoms with van der Waals surface area (Å²) in [6.45, 7) is 0.565. The second-order valence-electron chi connectivity index (χ2n) is 5.65. The Bertz CT molecular complexity index is 479. The van der Waals surface area contributed by atoms with Crippen molar-refractivity contribution in [2.45, 2.75) is 57.2 Å². The highest BCUT2D eigenvalue weighted by atomic mass is 16.5. The van der Waals surface area contributed by atoms with Crippen LogP contribution >= 0.6 is 0 Å². The molecule has 3 N–H and O–H groups in total. The molecule has 0 radical (unpaired) electrons. The van der Waals surface area contributed by atoms with Crippen molar-refractivity contribution in [3.8, 4) is 5.88 Å². The molecule has 2 aliphatic carbocycles. The summed E-state index contributed by atoms with van der Waals surface area (Å²) in [5.74, 6) is 1.24. The standard InChI is InChI=1S/C15H22N4O/c16-15(19-12-5-6-12)18-10-11-7-8-17-14(9-11)20-13-3-1-2-4-13/h7-9,12-13H,1-6,10H2,(H3,16,18,19). The third-order valence-electron chi connectivity index (χ3n) is 3.75. The highest BCUT2D eigenvalue weighted by Crippen LogP contribution is 2.23. The number of guanidine groups is 1. The van der Waals surface area contributed by atoms with Crippen LogP contribution in [0.15, 0.2) is 23.3 Å². The number of rotatable bonds is 5. The zero-order valence-electron chi connectivity index (χ0n) is 11.7. The number of nitrogens with zero attached hydrogens (tertiary/aromatic N) is 2. The number of hydrogen-bond acceptors (Lipinski definition) is 3. The van der Waals surface area contributed by atoms with E-state index in [2.05, 4.69) is 15.3 Å². The summed E-state index contributed by atoms with van der Waals surface area (Å²) >= 11 is 0. The van der Waals surface area contributed by atoms with Crippen molar-refractivity contribution < 1.29 is 4.74 Å². The van der Waals surface area contributed by atoms with Gasteiger partial charge in [0.25, 0.3) is 0 Å². The van der Waals surface area contributed by atoms with Gasteiger partial charge >= 0.3 is 0 Å². The molecule has 108 valence electrons. The molecule has 2 fully saturated rings. The largest absolute Gasteiger partial charge is 0.474 e. The van der Waals surface area contributed by atoms with Crippen LogP contribution < -0.4 is 15.8 Å². The normalized spacial score (nSPS) is 20.1. The van der Waals surface area contributed by atoms with Gasteiger partial charge in [-0.2, -0.15) is 0 Å². The first-order chi connectivity index (χ1) is 9.79. The Labute approximate surface area is 119 Å². The molecule has 5 nitrogen and oxygen atoms in total. The zero-order valence-corrected chi connectivity index (χ0v) is 11.7. The van der Waals surface area contributed by atoms with Crippen LogP contribution in [0.3, 0.4) is 0 Å². The van der Waals surface area contributed by atoms with Gasteiger partial charge in [-0.05, 0) is 50.2 Å². The summed E-state index contributed by atoms with van der Waals surface area (Å²) in [7, 11) is 0. The molecule has 1 aromatic heterocycles. The van der Waals surface area contributed by atoms with Crippen LogP contribution in [0.5, 0.6) is 5.88 Å². The van der Waals surface area contributed by atoms with Gasteiger partial charge in [0.1, 0.15) is 6.10 Å². The Kier molecular flexibility index (Phi) is 4.04. The zero-order chi connectivity index (χ0) is 13.8. The summed E-state index contributed by atoms with van der Waals surface area (Å²) in [6, 6.07) is 4.46. The Balaban J connectivity index is 1.55. The molecule has 3 rings (SSSR count). The predicted molar refractivity (Wildman–Crippen MR) is 78.6 cm³/mol. The molecule has 0 atom stereocenters. The van der Waals surface area contributed by atoms with E-state index in [9.17, 15) is 0 Å². The highest BCUT2D eigenvalue weighted by molar-refractivity contribution is 5.78. The minimum absolute atomic E-state index is 0.336. The summed E-state index contributed by atoms with van der Waals surface area (Å²) < 4.78 is 5.89. The molecule has 0 amide bonds. The van der Waals surface area contributed by atoms with Crippen molar-refractivity contribution in [2.75, 3.05) is 0 Å². The second kappa shape index (κ2) is 6.11. The van der Waals surface area contributed by atoms with Crippen LogP contribution in [0.4, 0.5) is 0 Å². The van der Waals surface area contributed by atoms with E-state index in [0.717, 1.165) is 18.4 Å². The minimum Gasteiger partial charge on any atom is -0.474 e. The Morgan fingerprint density at radius 1 is 1.35 bits per heavy atom. The average Bonchev–Trinajstić information content (AvgIpc) is 3.11. The molecule has 1 heterocycles. The van der Waals surface area contributed by atoms with E-state index in [1.165, 1.54) is 25.7 Å². The molecular formula is C15H22N4O. The van der Waals surface area contributed by atoms with Gasteiger partial charge in [0.2, 0.25) is 5.88 Å². The number of hydrogen-bond donors (Lipinski definition) is 2. The molecule has 20 heavy (non-hydrogen) atoms. The van der Waals surface area contributed by atoms with E-state index < -0.39 is 0 Å². The second-order valence-corrected chi connectivity index (χ2v) is 5.65. The third-order valence-corrected chi connectivity index (χ3v) is 3.75. The van der Waals surface area contributed by atoms with E-state index >= 15 is 0 Å². The van der Waals surface area contributed by atoms with E-state index in [1.807, 2.05) is 12.1 Å². The van der Waals surface area contributed by atoms with Crippen molar-refractivity contribution in [3.63, 3.8) is 0 Å². The number of ether oxygens (including phenoxy) is 1. The summed E-state index contributed by atoms with van der Waals surface area (Å²) in [5, 5.41) is 3.18. The molecule has 0 unspecified atom stereocenters. The molecule has 0 saturated heterocycles. The van der Waals surface area contributed by atoms with Crippen molar-refractivity contribution in [3.05, 3.63) is 23.9 Å². The van der Waals surface area contributed by atoms with Gasteiger partial charge in [0.05, 0.1) is 6.54 Å². The van der Waals surface area contributed by atoms with Crippen LogP contribution in [0.25, 0.3) is 0 Å². The first kappa shape index (κ1) is 13.2. The maximum Gasteiger partial charge on any atom is 0.213 e. The molecule has 5 heteroatoms. The van der Waals surface area contributed by atoms with Crippen LogP contribution in [0.2, 0.25) is 0 Å². The van der Waals surface area contributed by atoms with Gasteiger partial charge in [0.15, 0.2) is 5.96 Å². The average molecular weight is 274 g/mol. The molecule has 1 aromatic rings. The van der Waals surface area contributed by atoms with Crippen LogP contribution in [-0.4, -0.2) is 23.1 Å². The summed E-state index contributed by atoms with van der Waals surface area (Å²) in [4.78, 5) is 8.62. The van der Waals surface area contributed by atoms with Crippen molar-refractivity contribution >= 4 is 5.96 Å². The quantitative estimate of drug-likeness (QED) is 0.636. The van der Waals surface area contributed by atoms with E-state index in [4.69, 9.17) is 10.5 Å². The highest BCUT2D eigenvalue weighted by Gasteiger charge is 2.21. The molecule has 0 aromatic carbocycles. The number of aliphatic imine (C=N–C) groups is 1. The van der Waals surface area contributed by atoms with Crippen LogP contribution in [0, 0.1) is 0 Å². The topological polar surface area (TPSA) is 72.5 Å². The molecule has 2 aliphatic rings. The van der Waals surface area contributed by atoms with E-state index in [1.54, 1.807) is 6.20 Å². The maximum absolute atomic E-state index is 5.89. The van der Waals surface area contributed by atoms with Gasteiger partial charge in [-0.1, -0.05) is 0 Å². The van der Waals surface area contributed by atoms with Gasteiger partial charge in [-0.15, -0.1) is 0 Å². The fourth-order valence-corrected chi connectivity index (χ4v) is 2.45. The molecule has 0 bridgehead atoms. The molecule has 0 spiro atoms. The Morgan fingerprint density at radius 3 is 2.90 bits per heavy atom. The number of nitrogens with two attached hydrogens (primary N) is 1. The van der Waals surface area contributed by atoms with Crippen molar-refractivity contribution in [1.29, 1.82) is 0 Å². The summed E-state index contributed by atoms with van der Waals surface area (Å²) in [5.41, 5.74) is 6.90. The fraction of sp³-hybridized carbons (Fsp3) is 0.600. The molecule has 0 aliphatic heterocycles. The Morgan fingerprint density at radius 2 is 2.15 bits per heavy atom. The number of pyridine rings is 1. The first-order valence-corrected chi connectivity index (χ1v) is 7.47. The lowest BCUT2D eigenvalue weighted by Gasteiger charge is -2.12. The molecule has 2 saturated carbocycles. The predicted octanol–water partition coefficient (Wildman–Crippen LogP) is 1.97. The fourth-order valence-electron chi connectivity index (χ4n) is 2.45. The van der Waals surface area contributed by atoms with E-state index in [-0.39, 0.29) is 0 Å². The van der Waals surface area contributed by atoms with Gasteiger partial charge < -0.3 is 15.8 Å². The van der Waals surface area contributed by atoms with Crippen molar-refractivity contribution in [1.82, 2.24) is 10.3 Å². The maximum atomic E-state index is 5.89. The number of aromatic nitrogens is 1. The molecular weight excluding hydrogens is 252 g/mol. The van der Waals surface area contributed by atoms with E-state index in [0.29, 0.717) is 30.5 Å². The third kappa shape index (κ3) is 3.85. The first-order valence-electron chi connectivity index (χ1n) is 7.47. The smallest absolute Gasteiger partial charge is 0.213 e. The van der Waals surface area contributed by atoms with Crippen molar-refractivity contribution in [2.24, 2.45) is 10.7 Å². The van der Waals surface area contributed by atoms with Crippen LogP contribution in [0.1, 0.15) is 44.1 Å². The Hall–Kier alpha value is -1.78. The minimum atomic E-state index is 0.336. The lowest BCUT2D eigenvalue weighted by molar-refractivity contribution is 0.201. The lowest BCUT2D eigenvalue weighted by atomic mass is 10.2.